The van der Waals surface area contributed by atoms with Crippen molar-refractivity contribution in [3.8, 4) is 0 Å². The van der Waals surface area contributed by atoms with Gasteiger partial charge in [0.25, 0.3) is 5.09 Å². The van der Waals surface area contributed by atoms with E-state index in [0.29, 0.717) is 12.1 Å². The van der Waals surface area contributed by atoms with Crippen LogP contribution in [0.2, 0.25) is 0 Å². The Hall–Kier alpha value is -2.73. The smallest absolute Gasteiger partial charge is 0.370 e. The van der Waals surface area contributed by atoms with Gasteiger partial charge in [0.05, 0.1) is 16.8 Å². The minimum atomic E-state index is -4.92. The third kappa shape index (κ3) is 7.16. The van der Waals surface area contributed by atoms with Crippen molar-refractivity contribution < 1.29 is 36.6 Å². The summed E-state index contributed by atoms with van der Waals surface area (Å²) < 4.78 is 74.4. The lowest BCUT2D eigenvalue weighted by Crippen LogP contribution is -2.22. The Kier molecular flexibility index (Phi) is 5.97. The number of benzene rings is 1. The second-order valence-corrected chi connectivity index (χ2v) is 3.54. The molecule has 0 amide bonds. The fourth-order valence-corrected chi connectivity index (χ4v) is 1.15. The Labute approximate surface area is 118 Å². The number of aliphatic imine (C=N–C) groups is 1. The summed E-state index contributed by atoms with van der Waals surface area (Å²) in [5.41, 5.74) is 6.25. The predicted molar refractivity (Wildman–Crippen MR) is 60.7 cm³/mol. The monoisotopic (exact) mass is 334 g/mol. The van der Waals surface area contributed by atoms with Crippen LogP contribution in [-0.2, 0) is 12.4 Å². The zero-order chi connectivity index (χ0) is 17.7. The molecule has 0 atom stereocenters. The van der Waals surface area contributed by atoms with E-state index >= 15 is 0 Å². The predicted octanol–water partition coefficient (Wildman–Crippen LogP) is 2.28. The molecule has 0 unspecified atom stereocenters. The number of nitrogens with zero attached hydrogens (tertiary/aromatic N) is 2. The van der Waals surface area contributed by atoms with Crippen molar-refractivity contribution in [3.63, 3.8) is 0 Å². The first-order valence-corrected chi connectivity index (χ1v) is 4.96. The van der Waals surface area contributed by atoms with Gasteiger partial charge in [0, 0.05) is 0 Å². The zero-order valence-corrected chi connectivity index (χ0v) is 10.3. The van der Waals surface area contributed by atoms with E-state index < -0.39 is 40.2 Å². The number of guanidine groups is 1. The Morgan fingerprint density at radius 3 is 1.59 bits per heavy atom. The summed E-state index contributed by atoms with van der Waals surface area (Å²) in [5, 5.41) is 13.6. The van der Waals surface area contributed by atoms with E-state index in [4.69, 9.17) is 26.8 Å². The SMILES string of the molecule is NC(N)=Nc1cc(C(F)(F)F)cc(C(F)(F)F)c1.O=[N+]([O-])O. The Bertz CT molecular complexity index is 529. The van der Waals surface area contributed by atoms with Gasteiger partial charge in [0.1, 0.15) is 0 Å². The van der Waals surface area contributed by atoms with Crippen molar-refractivity contribution in [2.24, 2.45) is 16.5 Å². The number of hydrogen-bond acceptors (Lipinski definition) is 3. The average molecular weight is 334 g/mol. The third-order valence-electron chi connectivity index (χ3n) is 1.83. The molecular formula is C9H8F6N4O3. The third-order valence-corrected chi connectivity index (χ3v) is 1.83. The van der Waals surface area contributed by atoms with E-state index in [9.17, 15) is 26.3 Å². The molecular weight excluding hydrogens is 326 g/mol. The van der Waals surface area contributed by atoms with Gasteiger partial charge in [-0.15, -0.1) is 10.1 Å². The van der Waals surface area contributed by atoms with Gasteiger partial charge in [0.2, 0.25) is 0 Å². The van der Waals surface area contributed by atoms with E-state index in [0.717, 1.165) is 0 Å². The summed E-state index contributed by atoms with van der Waals surface area (Å²) in [7, 11) is 0. The minimum absolute atomic E-state index is 0.00821. The largest absolute Gasteiger partial charge is 0.416 e. The van der Waals surface area contributed by atoms with Gasteiger partial charge in [-0.25, -0.2) is 4.99 Å². The van der Waals surface area contributed by atoms with E-state index in [1.54, 1.807) is 0 Å². The summed E-state index contributed by atoms with van der Waals surface area (Å²) in [6, 6.07) is 0.843. The van der Waals surface area contributed by atoms with Crippen LogP contribution in [-0.4, -0.2) is 16.3 Å². The number of alkyl halides is 6. The molecule has 0 aromatic heterocycles. The van der Waals surface area contributed by atoms with Crippen LogP contribution >= 0.6 is 0 Å². The van der Waals surface area contributed by atoms with Crippen molar-refractivity contribution in [3.05, 3.63) is 39.4 Å². The topological polar surface area (TPSA) is 128 Å². The lowest BCUT2D eigenvalue weighted by atomic mass is 10.1. The Morgan fingerprint density at radius 1 is 1.05 bits per heavy atom. The van der Waals surface area contributed by atoms with E-state index in [2.05, 4.69) is 4.99 Å². The molecule has 13 heteroatoms. The van der Waals surface area contributed by atoms with Crippen LogP contribution in [0.4, 0.5) is 32.0 Å². The molecule has 0 aliphatic heterocycles. The van der Waals surface area contributed by atoms with Crippen molar-refractivity contribution in [1.29, 1.82) is 0 Å². The maximum atomic E-state index is 12.4. The molecule has 0 aliphatic carbocycles. The Morgan fingerprint density at radius 2 is 1.36 bits per heavy atom. The first-order chi connectivity index (χ1) is 9.73. The highest BCUT2D eigenvalue weighted by Crippen LogP contribution is 2.38. The lowest BCUT2D eigenvalue weighted by molar-refractivity contribution is -0.742. The second kappa shape index (κ2) is 6.82. The van der Waals surface area contributed by atoms with Crippen molar-refractivity contribution in [1.82, 2.24) is 0 Å². The molecule has 5 N–H and O–H groups in total. The molecule has 7 nitrogen and oxygen atoms in total. The van der Waals surface area contributed by atoms with Crippen LogP contribution in [0.3, 0.4) is 0 Å². The summed E-state index contributed by atoms with van der Waals surface area (Å²) in [5.74, 6) is -0.637. The minimum Gasteiger partial charge on any atom is -0.370 e. The van der Waals surface area contributed by atoms with Crippen LogP contribution in [0, 0.1) is 10.1 Å². The van der Waals surface area contributed by atoms with E-state index in [-0.39, 0.29) is 6.07 Å². The van der Waals surface area contributed by atoms with Crippen LogP contribution in [0.25, 0.3) is 0 Å². The first-order valence-electron chi connectivity index (χ1n) is 4.96. The highest BCUT2D eigenvalue weighted by molar-refractivity contribution is 5.79. The van der Waals surface area contributed by atoms with Gasteiger partial charge < -0.3 is 16.7 Å². The number of nitrogens with two attached hydrogens (primary N) is 2. The lowest BCUT2D eigenvalue weighted by Gasteiger charge is -2.12. The Balaban J connectivity index is 0.000000980. The highest BCUT2D eigenvalue weighted by atomic mass is 19.4. The second-order valence-electron chi connectivity index (χ2n) is 3.54. The first kappa shape index (κ1) is 19.3. The standard InChI is InChI=1S/C9H7F6N3.HNO3/c10-8(11,12)4-1-5(9(13,14)15)3-6(2-4)18-7(16)17;2-1(3)4/h1-3H,(H4,16,17,18);(H,2,3,4). The van der Waals surface area contributed by atoms with Gasteiger partial charge in [0.15, 0.2) is 5.96 Å². The van der Waals surface area contributed by atoms with Gasteiger partial charge in [-0.05, 0) is 18.2 Å². The van der Waals surface area contributed by atoms with E-state index in [1.807, 2.05) is 0 Å². The number of hydrogen-bond donors (Lipinski definition) is 3. The molecule has 22 heavy (non-hydrogen) atoms. The molecule has 0 fully saturated rings. The van der Waals surface area contributed by atoms with Crippen molar-refractivity contribution in [2.45, 2.75) is 12.4 Å². The molecule has 0 spiro atoms. The van der Waals surface area contributed by atoms with Crippen molar-refractivity contribution in [2.75, 3.05) is 0 Å². The van der Waals surface area contributed by atoms with Crippen molar-refractivity contribution >= 4 is 11.6 Å². The summed E-state index contributed by atoms with van der Waals surface area (Å²) >= 11 is 0. The summed E-state index contributed by atoms with van der Waals surface area (Å²) in [6.45, 7) is 0. The fourth-order valence-electron chi connectivity index (χ4n) is 1.15. The van der Waals surface area contributed by atoms with Gasteiger partial charge in [-0.1, -0.05) is 0 Å². The van der Waals surface area contributed by atoms with Gasteiger partial charge in [-0.3, -0.25) is 0 Å². The van der Waals surface area contributed by atoms with Crippen LogP contribution in [0.15, 0.2) is 23.2 Å². The molecule has 1 aromatic carbocycles. The maximum Gasteiger partial charge on any atom is 0.416 e. The molecule has 1 aromatic rings. The average Bonchev–Trinajstić information content (AvgIpc) is 2.24. The summed E-state index contributed by atoms with van der Waals surface area (Å²) in [6.07, 6.45) is -9.84. The fraction of sp³-hybridized carbons (Fsp3) is 0.222. The number of halogens is 6. The molecule has 0 aliphatic rings. The molecule has 0 saturated carbocycles. The molecule has 0 saturated heterocycles. The normalized spacial score (nSPS) is 11.2. The van der Waals surface area contributed by atoms with Gasteiger partial charge in [-0.2, -0.15) is 26.3 Å². The number of rotatable bonds is 1. The molecule has 0 radical (unpaired) electrons. The zero-order valence-electron chi connectivity index (χ0n) is 10.3. The molecule has 1 rings (SSSR count). The molecule has 0 bridgehead atoms. The van der Waals surface area contributed by atoms with E-state index in [1.165, 1.54) is 0 Å². The van der Waals surface area contributed by atoms with Crippen LogP contribution < -0.4 is 11.5 Å². The van der Waals surface area contributed by atoms with Gasteiger partial charge >= 0.3 is 12.4 Å². The van der Waals surface area contributed by atoms with Crippen LogP contribution in [0.1, 0.15) is 11.1 Å². The molecule has 0 heterocycles. The van der Waals surface area contributed by atoms with Crippen LogP contribution in [0.5, 0.6) is 0 Å². The quantitative estimate of drug-likeness (QED) is 0.239. The summed E-state index contributed by atoms with van der Waals surface area (Å²) in [4.78, 5) is 11.5. The maximum absolute atomic E-state index is 12.4. The molecule has 124 valence electrons. The highest BCUT2D eigenvalue weighted by Gasteiger charge is 2.36.